The van der Waals surface area contributed by atoms with Gasteiger partial charge in [0.15, 0.2) is 0 Å². The van der Waals surface area contributed by atoms with Crippen LogP contribution in [0.5, 0.6) is 0 Å². The zero-order valence-electron chi connectivity index (χ0n) is 14.8. The molecule has 1 aromatic heterocycles. The van der Waals surface area contributed by atoms with Crippen LogP contribution in [-0.4, -0.2) is 11.0 Å². The minimum absolute atomic E-state index is 0.623. The van der Waals surface area contributed by atoms with Crippen molar-refractivity contribution >= 4 is 11.8 Å². The summed E-state index contributed by atoms with van der Waals surface area (Å²) in [4.78, 5) is 4.61. The summed E-state index contributed by atoms with van der Waals surface area (Å²) >= 11 is 0. The van der Waals surface area contributed by atoms with Crippen LogP contribution in [0, 0.1) is 0 Å². The largest absolute Gasteiger partial charge is 0.382 e. The summed E-state index contributed by atoms with van der Waals surface area (Å²) in [6, 6.07) is 4.91. The molecule has 1 fully saturated rings. The van der Waals surface area contributed by atoms with Crippen molar-refractivity contribution in [1.82, 2.24) is 10.3 Å². The number of aromatic nitrogens is 1. The fraction of sp³-hybridized carbons (Fsp3) is 0.476. The van der Waals surface area contributed by atoms with Gasteiger partial charge in [-0.15, -0.1) is 0 Å². The SMILES string of the molecule is C/C=C\C(C)=C/c1ccc(/C(=C\CC)NC2CCCCC2)cn1. The lowest BCUT2D eigenvalue weighted by molar-refractivity contribution is 0.409. The van der Waals surface area contributed by atoms with Crippen LogP contribution in [0.2, 0.25) is 0 Å². The standard InChI is InChI=1S/C21H30N2/c1-4-9-17(3)15-20-14-13-18(16-22-20)21(10-5-2)23-19-11-7-6-8-12-19/h4,9-10,13-16,19,23H,5-8,11-12H2,1-3H3/b9-4-,17-15-,21-10+. The topological polar surface area (TPSA) is 24.9 Å². The Kier molecular flexibility index (Phi) is 7.12. The highest BCUT2D eigenvalue weighted by Gasteiger charge is 2.14. The summed E-state index contributed by atoms with van der Waals surface area (Å²) in [6.07, 6.45) is 18.2. The monoisotopic (exact) mass is 310 g/mol. The molecule has 0 saturated heterocycles. The second-order valence-electron chi connectivity index (χ2n) is 6.37. The van der Waals surface area contributed by atoms with E-state index < -0.39 is 0 Å². The molecule has 2 rings (SSSR count). The molecule has 1 saturated carbocycles. The zero-order valence-corrected chi connectivity index (χ0v) is 14.8. The van der Waals surface area contributed by atoms with E-state index in [4.69, 9.17) is 0 Å². The first-order valence-electron chi connectivity index (χ1n) is 8.97. The molecule has 2 heteroatoms. The maximum absolute atomic E-state index is 4.61. The maximum atomic E-state index is 4.61. The van der Waals surface area contributed by atoms with Crippen molar-refractivity contribution in [1.29, 1.82) is 0 Å². The molecule has 124 valence electrons. The van der Waals surface area contributed by atoms with Gasteiger partial charge in [-0.05, 0) is 56.9 Å². The lowest BCUT2D eigenvalue weighted by Gasteiger charge is -2.25. The smallest absolute Gasteiger partial charge is 0.0632 e. The molecule has 0 spiro atoms. The van der Waals surface area contributed by atoms with Crippen LogP contribution in [0.15, 0.2) is 42.1 Å². The fourth-order valence-corrected chi connectivity index (χ4v) is 3.13. The van der Waals surface area contributed by atoms with Gasteiger partial charge in [0.1, 0.15) is 0 Å². The summed E-state index contributed by atoms with van der Waals surface area (Å²) in [7, 11) is 0. The zero-order chi connectivity index (χ0) is 16.5. The van der Waals surface area contributed by atoms with Gasteiger partial charge in [0.2, 0.25) is 0 Å². The molecule has 1 aromatic rings. The molecule has 0 aliphatic heterocycles. The highest BCUT2D eigenvalue weighted by Crippen LogP contribution is 2.21. The van der Waals surface area contributed by atoms with Crippen molar-refractivity contribution in [2.45, 2.75) is 65.3 Å². The lowest BCUT2D eigenvalue weighted by Crippen LogP contribution is -2.29. The van der Waals surface area contributed by atoms with Gasteiger partial charge in [0.25, 0.3) is 0 Å². The molecule has 1 N–H and O–H groups in total. The van der Waals surface area contributed by atoms with E-state index in [0.717, 1.165) is 12.1 Å². The Morgan fingerprint density at radius 3 is 2.65 bits per heavy atom. The number of hydrogen-bond acceptors (Lipinski definition) is 2. The number of hydrogen-bond donors (Lipinski definition) is 1. The van der Waals surface area contributed by atoms with E-state index in [0.29, 0.717) is 6.04 Å². The predicted molar refractivity (Wildman–Crippen MR) is 101 cm³/mol. The molecule has 1 heterocycles. The molecule has 0 amide bonds. The molecule has 0 bridgehead atoms. The Bertz CT molecular complexity index is 558. The number of pyridine rings is 1. The van der Waals surface area contributed by atoms with Crippen molar-refractivity contribution in [2.24, 2.45) is 0 Å². The van der Waals surface area contributed by atoms with Gasteiger partial charge in [-0.3, -0.25) is 4.98 Å². The van der Waals surface area contributed by atoms with Crippen molar-refractivity contribution in [2.75, 3.05) is 0 Å². The third-order valence-electron chi connectivity index (χ3n) is 4.28. The van der Waals surface area contributed by atoms with Crippen LogP contribution < -0.4 is 5.32 Å². The summed E-state index contributed by atoms with van der Waals surface area (Å²) < 4.78 is 0. The number of nitrogens with one attached hydrogen (secondary N) is 1. The van der Waals surface area contributed by atoms with E-state index in [2.05, 4.69) is 60.6 Å². The van der Waals surface area contributed by atoms with Crippen LogP contribution in [-0.2, 0) is 0 Å². The van der Waals surface area contributed by atoms with Crippen LogP contribution in [0.1, 0.15) is 70.6 Å². The quantitative estimate of drug-likeness (QED) is 0.678. The van der Waals surface area contributed by atoms with Crippen LogP contribution in [0.3, 0.4) is 0 Å². The van der Waals surface area contributed by atoms with Gasteiger partial charge < -0.3 is 5.32 Å². The van der Waals surface area contributed by atoms with Gasteiger partial charge in [0, 0.05) is 23.5 Å². The highest BCUT2D eigenvalue weighted by molar-refractivity contribution is 5.64. The Morgan fingerprint density at radius 2 is 2.04 bits per heavy atom. The maximum Gasteiger partial charge on any atom is 0.0632 e. The van der Waals surface area contributed by atoms with Crippen molar-refractivity contribution < 1.29 is 0 Å². The second-order valence-corrected chi connectivity index (χ2v) is 6.37. The summed E-state index contributed by atoms with van der Waals surface area (Å²) in [5, 5.41) is 3.75. The van der Waals surface area contributed by atoms with Gasteiger partial charge in [-0.25, -0.2) is 0 Å². The number of nitrogens with zero attached hydrogens (tertiary/aromatic N) is 1. The molecular formula is C21H30N2. The normalized spacial score (nSPS) is 17.7. The average molecular weight is 310 g/mol. The molecule has 1 aliphatic carbocycles. The van der Waals surface area contributed by atoms with E-state index in [1.165, 1.54) is 48.9 Å². The van der Waals surface area contributed by atoms with Crippen LogP contribution in [0.25, 0.3) is 11.8 Å². The molecule has 23 heavy (non-hydrogen) atoms. The predicted octanol–water partition coefficient (Wildman–Crippen LogP) is 5.73. The van der Waals surface area contributed by atoms with Crippen LogP contribution >= 0.6 is 0 Å². The first kappa shape index (κ1) is 17.5. The number of rotatable bonds is 6. The van der Waals surface area contributed by atoms with Gasteiger partial charge >= 0.3 is 0 Å². The van der Waals surface area contributed by atoms with E-state index in [9.17, 15) is 0 Å². The molecule has 1 aliphatic rings. The molecule has 0 atom stereocenters. The van der Waals surface area contributed by atoms with E-state index in [1.54, 1.807) is 0 Å². The lowest BCUT2D eigenvalue weighted by atomic mass is 9.95. The Hall–Kier alpha value is -1.83. The second kappa shape index (κ2) is 9.34. The van der Waals surface area contributed by atoms with Crippen molar-refractivity contribution in [3.05, 3.63) is 53.4 Å². The summed E-state index contributed by atoms with van der Waals surface area (Å²) in [6.45, 7) is 6.32. The van der Waals surface area contributed by atoms with E-state index in [1.807, 2.05) is 13.1 Å². The van der Waals surface area contributed by atoms with Gasteiger partial charge in [0.05, 0.1) is 5.69 Å². The molecule has 0 aromatic carbocycles. The summed E-state index contributed by atoms with van der Waals surface area (Å²) in [5.41, 5.74) is 4.67. The fourth-order valence-electron chi connectivity index (χ4n) is 3.13. The van der Waals surface area contributed by atoms with Crippen molar-refractivity contribution in [3.8, 4) is 0 Å². The van der Waals surface area contributed by atoms with E-state index >= 15 is 0 Å². The minimum atomic E-state index is 0.623. The van der Waals surface area contributed by atoms with Crippen LogP contribution in [0.4, 0.5) is 0 Å². The molecule has 0 radical (unpaired) electrons. The Morgan fingerprint density at radius 1 is 1.26 bits per heavy atom. The molecule has 2 nitrogen and oxygen atoms in total. The number of allylic oxidation sites excluding steroid dienone is 4. The first-order chi connectivity index (χ1) is 11.2. The third kappa shape index (κ3) is 5.70. The molecular weight excluding hydrogens is 280 g/mol. The summed E-state index contributed by atoms with van der Waals surface area (Å²) in [5.74, 6) is 0. The van der Waals surface area contributed by atoms with Gasteiger partial charge in [-0.1, -0.05) is 44.4 Å². The first-order valence-corrected chi connectivity index (χ1v) is 8.97. The van der Waals surface area contributed by atoms with Crippen molar-refractivity contribution in [3.63, 3.8) is 0 Å². The third-order valence-corrected chi connectivity index (χ3v) is 4.28. The average Bonchev–Trinajstić information content (AvgIpc) is 2.56. The minimum Gasteiger partial charge on any atom is -0.382 e. The Labute approximate surface area is 141 Å². The molecule has 0 unspecified atom stereocenters. The van der Waals surface area contributed by atoms with E-state index in [-0.39, 0.29) is 0 Å². The Balaban J connectivity index is 2.10. The highest BCUT2D eigenvalue weighted by atomic mass is 14.9. The van der Waals surface area contributed by atoms with Gasteiger partial charge in [-0.2, -0.15) is 0 Å².